The molecule has 3 rings (SSSR count). The zero-order valence-corrected chi connectivity index (χ0v) is 14.3. The highest BCUT2D eigenvalue weighted by Crippen LogP contribution is 2.36. The molecule has 0 aromatic heterocycles. The monoisotopic (exact) mass is 343 g/mol. The number of fused-ring (bicyclic) bond motifs is 1. The topological polar surface area (TPSA) is 77.2 Å². The second-order valence-corrected chi connectivity index (χ2v) is 8.22. The molecule has 126 valence electrons. The van der Waals surface area contributed by atoms with Gasteiger partial charge >= 0.3 is 0 Å². The summed E-state index contributed by atoms with van der Waals surface area (Å²) in [5.41, 5.74) is 7.50. The van der Waals surface area contributed by atoms with Gasteiger partial charge in [-0.05, 0) is 67.0 Å². The van der Waals surface area contributed by atoms with Gasteiger partial charge in [-0.1, -0.05) is 24.3 Å². The van der Waals surface area contributed by atoms with Crippen LogP contribution in [0.5, 0.6) is 0 Å². The maximum atomic E-state index is 12.8. The Hall–Kier alpha value is -2.14. The Balaban J connectivity index is 1.93. The standard InChI is InChI=1S/C19H21NO3S/c20-19(21)12-9-14-5-4-6-15-13-17(10-11-18(14)15)24(22,23)16-7-2-1-3-8-16/h1-3,7-8,10-11,13-14H,4-6,9,12H2,(H2,20,21). The third kappa shape index (κ3) is 3.36. The average Bonchev–Trinajstić information content (AvgIpc) is 2.60. The fourth-order valence-electron chi connectivity index (χ4n) is 3.41. The molecule has 5 heteroatoms. The number of rotatable bonds is 5. The van der Waals surface area contributed by atoms with Crippen LogP contribution < -0.4 is 5.73 Å². The van der Waals surface area contributed by atoms with Crippen LogP contribution in [0.15, 0.2) is 58.3 Å². The fourth-order valence-corrected chi connectivity index (χ4v) is 4.74. The Labute approximate surface area is 142 Å². The smallest absolute Gasteiger partial charge is 0.217 e. The maximum Gasteiger partial charge on any atom is 0.217 e. The third-order valence-electron chi connectivity index (χ3n) is 4.66. The second kappa shape index (κ2) is 6.77. The van der Waals surface area contributed by atoms with E-state index in [1.165, 1.54) is 0 Å². The number of amides is 1. The van der Waals surface area contributed by atoms with Crippen molar-refractivity contribution in [3.63, 3.8) is 0 Å². The average molecular weight is 343 g/mol. The van der Waals surface area contributed by atoms with E-state index in [1.54, 1.807) is 42.5 Å². The van der Waals surface area contributed by atoms with Crippen LogP contribution in [0.25, 0.3) is 0 Å². The van der Waals surface area contributed by atoms with Crippen LogP contribution >= 0.6 is 0 Å². The molecule has 0 saturated heterocycles. The third-order valence-corrected chi connectivity index (χ3v) is 6.42. The highest BCUT2D eigenvalue weighted by Gasteiger charge is 2.24. The van der Waals surface area contributed by atoms with Crippen LogP contribution in [-0.2, 0) is 21.1 Å². The lowest BCUT2D eigenvalue weighted by Crippen LogP contribution is -2.16. The van der Waals surface area contributed by atoms with E-state index in [0.717, 1.165) is 36.8 Å². The van der Waals surface area contributed by atoms with Gasteiger partial charge in [0.15, 0.2) is 0 Å². The molecule has 0 radical (unpaired) electrons. The lowest BCUT2D eigenvalue weighted by molar-refractivity contribution is -0.118. The lowest BCUT2D eigenvalue weighted by atomic mass is 9.80. The predicted octanol–water partition coefficient (Wildman–Crippen LogP) is 3.20. The molecule has 2 N–H and O–H groups in total. The van der Waals surface area contributed by atoms with Crippen LogP contribution in [0.1, 0.15) is 42.7 Å². The fraction of sp³-hybridized carbons (Fsp3) is 0.316. The highest BCUT2D eigenvalue weighted by molar-refractivity contribution is 7.91. The van der Waals surface area contributed by atoms with Gasteiger partial charge in [0, 0.05) is 6.42 Å². The number of aryl methyl sites for hydroxylation is 1. The van der Waals surface area contributed by atoms with Crippen molar-refractivity contribution in [3.05, 3.63) is 59.7 Å². The molecule has 0 aliphatic heterocycles. The van der Waals surface area contributed by atoms with E-state index in [1.807, 2.05) is 6.07 Å². The number of hydrogen-bond acceptors (Lipinski definition) is 3. The van der Waals surface area contributed by atoms with Crippen molar-refractivity contribution in [2.45, 2.75) is 47.8 Å². The minimum absolute atomic E-state index is 0.287. The van der Waals surface area contributed by atoms with Crippen LogP contribution in [0.4, 0.5) is 0 Å². The SMILES string of the molecule is NC(=O)CCC1CCCc2cc(S(=O)(=O)c3ccccc3)ccc21. The zero-order valence-electron chi connectivity index (χ0n) is 13.4. The summed E-state index contributed by atoms with van der Waals surface area (Å²) in [6.45, 7) is 0. The summed E-state index contributed by atoms with van der Waals surface area (Å²) in [7, 11) is -3.49. The summed E-state index contributed by atoms with van der Waals surface area (Å²) in [4.78, 5) is 11.7. The minimum Gasteiger partial charge on any atom is -0.370 e. The van der Waals surface area contributed by atoms with Gasteiger partial charge in [-0.3, -0.25) is 4.79 Å². The van der Waals surface area contributed by atoms with E-state index in [0.29, 0.717) is 16.2 Å². The molecule has 2 aromatic rings. The first-order valence-corrected chi connectivity index (χ1v) is 9.68. The van der Waals surface area contributed by atoms with Gasteiger partial charge in [-0.25, -0.2) is 8.42 Å². The number of carbonyl (C=O) groups excluding carboxylic acids is 1. The molecular weight excluding hydrogens is 322 g/mol. The van der Waals surface area contributed by atoms with Crippen molar-refractivity contribution >= 4 is 15.7 Å². The highest BCUT2D eigenvalue weighted by atomic mass is 32.2. The molecule has 1 amide bonds. The van der Waals surface area contributed by atoms with E-state index in [2.05, 4.69) is 0 Å². The van der Waals surface area contributed by atoms with Crippen molar-refractivity contribution in [3.8, 4) is 0 Å². The molecule has 4 nitrogen and oxygen atoms in total. The molecule has 1 aliphatic carbocycles. The summed E-state index contributed by atoms with van der Waals surface area (Å²) in [5.74, 6) is 0.000119. The number of hydrogen-bond donors (Lipinski definition) is 1. The van der Waals surface area contributed by atoms with E-state index < -0.39 is 9.84 Å². The molecule has 0 spiro atoms. The van der Waals surface area contributed by atoms with Gasteiger partial charge < -0.3 is 5.73 Å². The van der Waals surface area contributed by atoms with Crippen molar-refractivity contribution in [1.82, 2.24) is 0 Å². The van der Waals surface area contributed by atoms with Gasteiger partial charge in [0.2, 0.25) is 15.7 Å². The van der Waals surface area contributed by atoms with Gasteiger partial charge in [0.25, 0.3) is 0 Å². The zero-order chi connectivity index (χ0) is 17.2. The largest absolute Gasteiger partial charge is 0.370 e. The van der Waals surface area contributed by atoms with Gasteiger partial charge in [0.05, 0.1) is 9.79 Å². The van der Waals surface area contributed by atoms with Crippen molar-refractivity contribution < 1.29 is 13.2 Å². The van der Waals surface area contributed by atoms with Crippen LogP contribution in [0.2, 0.25) is 0 Å². The molecule has 0 saturated carbocycles. The van der Waals surface area contributed by atoms with E-state index in [-0.39, 0.29) is 11.8 Å². The second-order valence-electron chi connectivity index (χ2n) is 6.27. The first-order valence-electron chi connectivity index (χ1n) is 8.20. The molecule has 1 aliphatic rings. The normalized spacial score (nSPS) is 17.2. The predicted molar refractivity (Wildman–Crippen MR) is 92.4 cm³/mol. The van der Waals surface area contributed by atoms with Gasteiger partial charge in [-0.15, -0.1) is 0 Å². The summed E-state index contributed by atoms with van der Waals surface area (Å²) in [5, 5.41) is 0. The van der Waals surface area contributed by atoms with Crippen molar-refractivity contribution in [2.24, 2.45) is 5.73 Å². The molecule has 0 heterocycles. The first kappa shape index (κ1) is 16.7. The quantitative estimate of drug-likeness (QED) is 0.905. The van der Waals surface area contributed by atoms with Crippen LogP contribution in [0.3, 0.4) is 0 Å². The van der Waals surface area contributed by atoms with E-state index >= 15 is 0 Å². The summed E-state index contributed by atoms with van der Waals surface area (Å²) < 4.78 is 25.5. The minimum atomic E-state index is -3.49. The van der Waals surface area contributed by atoms with Crippen molar-refractivity contribution in [2.75, 3.05) is 0 Å². The van der Waals surface area contributed by atoms with Gasteiger partial charge in [-0.2, -0.15) is 0 Å². The molecule has 1 unspecified atom stereocenters. The molecular formula is C19H21NO3S. The lowest BCUT2D eigenvalue weighted by Gasteiger charge is -2.25. The Morgan fingerprint density at radius 2 is 1.83 bits per heavy atom. The number of sulfone groups is 1. The number of carbonyl (C=O) groups is 1. The first-order chi connectivity index (χ1) is 11.5. The summed E-state index contributed by atoms with van der Waals surface area (Å²) >= 11 is 0. The number of primary amides is 1. The summed E-state index contributed by atoms with van der Waals surface area (Å²) in [6.07, 6.45) is 4.00. The number of nitrogens with two attached hydrogens (primary N) is 1. The molecule has 0 fully saturated rings. The van der Waals surface area contributed by atoms with Crippen molar-refractivity contribution in [1.29, 1.82) is 0 Å². The van der Waals surface area contributed by atoms with Crippen LogP contribution in [0, 0.1) is 0 Å². The Kier molecular flexibility index (Phi) is 4.71. The molecule has 1 atom stereocenters. The Bertz CT molecular complexity index is 844. The Morgan fingerprint density at radius 1 is 1.08 bits per heavy atom. The summed E-state index contributed by atoms with van der Waals surface area (Å²) in [6, 6.07) is 13.9. The Morgan fingerprint density at radius 3 is 2.54 bits per heavy atom. The molecule has 24 heavy (non-hydrogen) atoms. The molecule has 2 aromatic carbocycles. The van der Waals surface area contributed by atoms with Crippen LogP contribution in [-0.4, -0.2) is 14.3 Å². The van der Waals surface area contributed by atoms with E-state index in [4.69, 9.17) is 5.73 Å². The van der Waals surface area contributed by atoms with E-state index in [9.17, 15) is 13.2 Å². The molecule has 0 bridgehead atoms. The maximum absolute atomic E-state index is 12.8. The van der Waals surface area contributed by atoms with Gasteiger partial charge in [0.1, 0.15) is 0 Å². The number of benzene rings is 2.